The normalized spacial score (nSPS) is 13.9. The standard InChI is InChI=1S/C49H79NO7/c1-6-8-10-12-14-16-18-20-21-22-23-24-25-26-28-30-32-34-36-38-40-48(52)57-45(43-55-42-41-46(49(53)54)50(3,4)5)44-56-47(51)39-37-35-33-31-29-27-19-17-15-13-11-9-7-2/h8-11,13-17,19-21,23-24,26,28,45-46H,6-7,12,18,22,25,27,29-44H2,1-5H3/p+1/b10-8+,11-9+,15-13+,16-14+,19-17+,21-20+,24-23+,28-26+. The monoisotopic (exact) mass is 795 g/mol. The molecule has 0 aliphatic heterocycles. The van der Waals surface area contributed by atoms with Crippen LogP contribution in [-0.2, 0) is 28.6 Å². The second-order valence-corrected chi connectivity index (χ2v) is 15.2. The minimum atomic E-state index is -0.888. The van der Waals surface area contributed by atoms with Crippen molar-refractivity contribution in [3.63, 3.8) is 0 Å². The number of quaternary nitrogens is 1. The number of esters is 2. The van der Waals surface area contributed by atoms with Crippen molar-refractivity contribution in [3.8, 4) is 0 Å². The summed E-state index contributed by atoms with van der Waals surface area (Å²) in [6.45, 7) is 4.41. The van der Waals surface area contributed by atoms with Gasteiger partial charge in [-0.25, -0.2) is 4.79 Å². The molecule has 322 valence electrons. The van der Waals surface area contributed by atoms with Crippen molar-refractivity contribution in [2.24, 2.45) is 0 Å². The zero-order chi connectivity index (χ0) is 42.1. The first kappa shape index (κ1) is 53.2. The van der Waals surface area contributed by atoms with Crippen LogP contribution in [-0.4, -0.2) is 80.6 Å². The number of nitrogens with zero attached hydrogens (tertiary/aromatic N) is 1. The Kier molecular flexibility index (Phi) is 36.5. The lowest BCUT2D eigenvalue weighted by Gasteiger charge is -2.31. The van der Waals surface area contributed by atoms with E-state index in [4.69, 9.17) is 14.2 Å². The third kappa shape index (κ3) is 37.6. The van der Waals surface area contributed by atoms with Gasteiger partial charge in [-0.2, -0.15) is 0 Å². The molecule has 57 heavy (non-hydrogen) atoms. The Bertz CT molecular complexity index is 1250. The highest BCUT2D eigenvalue weighted by molar-refractivity contribution is 5.72. The molecular weight excluding hydrogens is 715 g/mol. The van der Waals surface area contributed by atoms with Gasteiger partial charge in [-0.1, -0.05) is 143 Å². The third-order valence-corrected chi connectivity index (χ3v) is 9.04. The summed E-state index contributed by atoms with van der Waals surface area (Å²) in [6.07, 6.45) is 51.6. The molecule has 0 saturated carbocycles. The lowest BCUT2D eigenvalue weighted by Crippen LogP contribution is -2.50. The molecule has 2 unspecified atom stereocenters. The fourth-order valence-corrected chi connectivity index (χ4v) is 5.70. The molecule has 0 aliphatic rings. The van der Waals surface area contributed by atoms with Crippen LogP contribution in [0, 0.1) is 0 Å². The van der Waals surface area contributed by atoms with Gasteiger partial charge in [0.15, 0.2) is 12.1 Å². The number of allylic oxidation sites excluding steroid dienone is 16. The minimum Gasteiger partial charge on any atom is -0.477 e. The summed E-state index contributed by atoms with van der Waals surface area (Å²) in [5, 5.41) is 9.62. The minimum absolute atomic E-state index is 0.0371. The Morgan fingerprint density at radius 3 is 1.56 bits per heavy atom. The van der Waals surface area contributed by atoms with Crippen LogP contribution in [0.5, 0.6) is 0 Å². The summed E-state index contributed by atoms with van der Waals surface area (Å²) < 4.78 is 17.2. The molecule has 0 radical (unpaired) electrons. The highest BCUT2D eigenvalue weighted by Crippen LogP contribution is 2.12. The van der Waals surface area contributed by atoms with Crippen LogP contribution in [0.15, 0.2) is 97.2 Å². The fraction of sp³-hybridized carbons (Fsp3) is 0.612. The first-order valence-electron chi connectivity index (χ1n) is 21.8. The number of unbranched alkanes of at least 4 members (excludes halogenated alkanes) is 9. The summed E-state index contributed by atoms with van der Waals surface area (Å²) in [5.74, 6) is -1.54. The number of rotatable bonds is 37. The van der Waals surface area contributed by atoms with Gasteiger partial charge in [0.25, 0.3) is 0 Å². The predicted molar refractivity (Wildman–Crippen MR) is 238 cm³/mol. The van der Waals surface area contributed by atoms with Crippen LogP contribution in [0.2, 0.25) is 0 Å². The van der Waals surface area contributed by atoms with Gasteiger partial charge in [0.2, 0.25) is 0 Å². The highest BCUT2D eigenvalue weighted by Gasteiger charge is 2.31. The quantitative estimate of drug-likeness (QED) is 0.0220. The Balaban J connectivity index is 4.44. The molecule has 0 fully saturated rings. The molecular formula is C49H80NO7+. The van der Waals surface area contributed by atoms with E-state index in [0.717, 1.165) is 109 Å². The van der Waals surface area contributed by atoms with E-state index in [1.54, 1.807) is 0 Å². The number of carbonyl (C=O) groups excluding carboxylic acids is 2. The SMILES string of the molecule is CC/C=C/C=C/C=C/CCCCCCCC(=O)OCC(COCCC(C(=O)O)[N+](C)(C)C)OC(=O)CCCCCC/C=C/C/C=C/C/C=C/C/C=C/C/C=C/CC. The molecule has 0 rings (SSSR count). The van der Waals surface area contributed by atoms with E-state index < -0.39 is 18.1 Å². The van der Waals surface area contributed by atoms with Gasteiger partial charge >= 0.3 is 17.9 Å². The largest absolute Gasteiger partial charge is 0.477 e. The summed E-state index contributed by atoms with van der Waals surface area (Å²) in [5.41, 5.74) is 0. The van der Waals surface area contributed by atoms with Crippen LogP contribution >= 0.6 is 0 Å². The van der Waals surface area contributed by atoms with Crippen LogP contribution in [0.3, 0.4) is 0 Å². The molecule has 0 amide bonds. The van der Waals surface area contributed by atoms with Gasteiger partial charge in [0.05, 0.1) is 34.4 Å². The third-order valence-electron chi connectivity index (χ3n) is 9.04. The van der Waals surface area contributed by atoms with Crippen molar-refractivity contribution in [1.82, 2.24) is 0 Å². The van der Waals surface area contributed by atoms with Gasteiger partial charge in [-0.3, -0.25) is 9.59 Å². The van der Waals surface area contributed by atoms with Crippen molar-refractivity contribution >= 4 is 17.9 Å². The van der Waals surface area contributed by atoms with E-state index in [-0.39, 0.29) is 42.7 Å². The average Bonchev–Trinajstić information content (AvgIpc) is 3.17. The van der Waals surface area contributed by atoms with Crippen molar-refractivity contribution in [2.75, 3.05) is 41.0 Å². The summed E-state index contributed by atoms with van der Waals surface area (Å²) in [4.78, 5) is 37.0. The van der Waals surface area contributed by atoms with Gasteiger partial charge < -0.3 is 23.8 Å². The molecule has 0 aromatic rings. The number of carbonyl (C=O) groups is 3. The van der Waals surface area contributed by atoms with E-state index in [0.29, 0.717) is 12.8 Å². The fourth-order valence-electron chi connectivity index (χ4n) is 5.70. The molecule has 0 aliphatic carbocycles. The van der Waals surface area contributed by atoms with E-state index in [2.05, 4.69) is 98.9 Å². The zero-order valence-corrected chi connectivity index (χ0v) is 36.5. The Labute approximate surface area is 347 Å². The molecule has 0 spiro atoms. The van der Waals surface area contributed by atoms with Crippen LogP contribution in [0.25, 0.3) is 0 Å². The number of aliphatic carboxylic acids is 1. The number of ether oxygens (including phenoxy) is 3. The lowest BCUT2D eigenvalue weighted by atomic mass is 10.1. The van der Waals surface area contributed by atoms with Crippen molar-refractivity contribution < 1.29 is 38.2 Å². The molecule has 2 atom stereocenters. The van der Waals surface area contributed by atoms with Gasteiger partial charge in [0, 0.05) is 19.3 Å². The number of hydrogen-bond donors (Lipinski definition) is 1. The van der Waals surface area contributed by atoms with Gasteiger partial charge in [-0.15, -0.1) is 0 Å². The smallest absolute Gasteiger partial charge is 0.362 e. The molecule has 1 N–H and O–H groups in total. The molecule has 0 aromatic heterocycles. The first-order chi connectivity index (χ1) is 27.6. The van der Waals surface area contributed by atoms with Crippen molar-refractivity contribution in [2.45, 2.75) is 154 Å². The number of likely N-dealkylation sites (N-methyl/N-ethyl adjacent to an activating group) is 1. The summed E-state index contributed by atoms with van der Waals surface area (Å²) in [6, 6.07) is -0.628. The maximum Gasteiger partial charge on any atom is 0.362 e. The van der Waals surface area contributed by atoms with Crippen molar-refractivity contribution in [3.05, 3.63) is 97.2 Å². The molecule has 8 nitrogen and oxygen atoms in total. The maximum absolute atomic E-state index is 12.7. The van der Waals surface area contributed by atoms with E-state index in [1.165, 1.54) is 0 Å². The first-order valence-corrected chi connectivity index (χ1v) is 21.8. The van der Waals surface area contributed by atoms with Crippen LogP contribution in [0.1, 0.15) is 142 Å². The topological polar surface area (TPSA) is 99.1 Å². The van der Waals surface area contributed by atoms with E-state index >= 15 is 0 Å². The summed E-state index contributed by atoms with van der Waals surface area (Å²) in [7, 11) is 5.50. The zero-order valence-electron chi connectivity index (χ0n) is 36.5. The maximum atomic E-state index is 12.7. The second-order valence-electron chi connectivity index (χ2n) is 15.2. The number of carboxylic acids is 1. The average molecular weight is 795 g/mol. The van der Waals surface area contributed by atoms with Crippen LogP contribution in [0.4, 0.5) is 0 Å². The summed E-state index contributed by atoms with van der Waals surface area (Å²) >= 11 is 0. The Morgan fingerprint density at radius 2 is 1.02 bits per heavy atom. The van der Waals surface area contributed by atoms with E-state index in [1.807, 2.05) is 33.3 Å². The second kappa shape index (κ2) is 39.1. The number of carboxylic acid groups (broad SMARTS) is 1. The highest BCUT2D eigenvalue weighted by atomic mass is 16.6. The Hall–Kier alpha value is -3.75. The molecule has 0 saturated heterocycles. The molecule has 0 heterocycles. The lowest BCUT2D eigenvalue weighted by molar-refractivity contribution is -0.887. The van der Waals surface area contributed by atoms with Crippen LogP contribution < -0.4 is 0 Å². The molecule has 0 bridgehead atoms. The Morgan fingerprint density at radius 1 is 0.544 bits per heavy atom. The number of hydrogen-bond acceptors (Lipinski definition) is 6. The predicted octanol–water partition coefficient (Wildman–Crippen LogP) is 11.9. The van der Waals surface area contributed by atoms with Gasteiger partial charge in [0.1, 0.15) is 6.61 Å². The van der Waals surface area contributed by atoms with Gasteiger partial charge in [-0.05, 0) is 77.0 Å². The van der Waals surface area contributed by atoms with E-state index in [9.17, 15) is 19.5 Å². The van der Waals surface area contributed by atoms with Crippen molar-refractivity contribution in [1.29, 1.82) is 0 Å². The molecule has 8 heteroatoms. The molecule has 0 aromatic carbocycles.